The number of guanidine groups is 2. The number of carbonyl (C=O) groups is 4. The van der Waals surface area contributed by atoms with Gasteiger partial charge in [0.15, 0.2) is 11.9 Å². The van der Waals surface area contributed by atoms with E-state index in [0.717, 1.165) is 28.5 Å². The second kappa shape index (κ2) is 30.6. The van der Waals surface area contributed by atoms with Crippen LogP contribution in [0.5, 0.6) is 0 Å². The van der Waals surface area contributed by atoms with Gasteiger partial charge in [0.2, 0.25) is 11.8 Å². The molecule has 0 bridgehead atoms. The first-order chi connectivity index (χ1) is 40.0. The lowest BCUT2D eigenvalue weighted by molar-refractivity contribution is -0.133. The largest absolute Gasteiger partial charge is 0.370 e. The number of carbonyl (C=O) groups excluding carboxylic acids is 4. The molecule has 2 saturated heterocycles. The predicted molar refractivity (Wildman–Crippen MR) is 326 cm³/mol. The number of benzene rings is 6. The van der Waals surface area contributed by atoms with E-state index < -0.39 is 12.1 Å². The normalized spacial score (nSPS) is 17.2. The number of nitrogens with two attached hydrogens (primary N) is 4. The Labute approximate surface area is 481 Å². The number of aliphatic imine (C=N–C) groups is 2. The van der Waals surface area contributed by atoms with Gasteiger partial charge in [-0.2, -0.15) is 0 Å². The van der Waals surface area contributed by atoms with Gasteiger partial charge in [-0.1, -0.05) is 164 Å². The molecule has 2 aliphatic heterocycles. The molecule has 426 valence electrons. The Morgan fingerprint density at radius 2 is 0.902 bits per heavy atom. The second-order valence-electron chi connectivity index (χ2n) is 20.8. The summed E-state index contributed by atoms with van der Waals surface area (Å²) in [6.45, 7) is 4.00. The molecule has 12 N–H and O–H groups in total. The van der Waals surface area contributed by atoms with Crippen molar-refractivity contribution in [2.45, 2.75) is 74.5 Å². The summed E-state index contributed by atoms with van der Waals surface area (Å²) in [5.74, 6) is -0.0817. The predicted octanol–water partition coefficient (Wildman–Crippen LogP) is 6.27. The lowest BCUT2D eigenvalue weighted by Gasteiger charge is -2.29. The van der Waals surface area contributed by atoms with Gasteiger partial charge >= 0.3 is 0 Å². The minimum atomic E-state index is -0.426. The number of pyridine rings is 1. The zero-order chi connectivity index (χ0) is 57.5. The van der Waals surface area contributed by atoms with Crippen LogP contribution < -0.4 is 44.2 Å². The monoisotopic (exact) mass is 1100 g/mol. The van der Waals surface area contributed by atoms with Gasteiger partial charge in [0.25, 0.3) is 11.8 Å². The minimum absolute atomic E-state index is 0.0314. The van der Waals surface area contributed by atoms with Crippen LogP contribution in [0.1, 0.15) is 93.5 Å². The maximum Gasteiger partial charge on any atom is 0.269 e. The number of nitrogens with one attached hydrogen (secondary N) is 4. The highest BCUT2D eigenvalue weighted by molar-refractivity contribution is 5.95. The molecule has 3 heterocycles. The van der Waals surface area contributed by atoms with Crippen molar-refractivity contribution in [3.05, 3.63) is 222 Å². The van der Waals surface area contributed by atoms with Gasteiger partial charge in [0, 0.05) is 87.2 Å². The molecule has 4 atom stereocenters. The second-order valence-corrected chi connectivity index (χ2v) is 20.8. The van der Waals surface area contributed by atoms with E-state index in [4.69, 9.17) is 22.9 Å². The molecule has 1 aromatic heterocycles. The van der Waals surface area contributed by atoms with E-state index >= 15 is 0 Å². The van der Waals surface area contributed by atoms with Crippen molar-refractivity contribution in [1.29, 1.82) is 0 Å². The molecule has 82 heavy (non-hydrogen) atoms. The zero-order valence-electron chi connectivity index (χ0n) is 46.4. The summed E-state index contributed by atoms with van der Waals surface area (Å²) in [4.78, 5) is 70.2. The lowest BCUT2D eigenvalue weighted by Crippen LogP contribution is -2.49. The fourth-order valence-electron chi connectivity index (χ4n) is 10.7. The average Bonchev–Trinajstić information content (AvgIpc) is 3.85. The van der Waals surface area contributed by atoms with Gasteiger partial charge in [0.1, 0.15) is 5.69 Å². The Hall–Kier alpha value is -8.93. The molecule has 0 unspecified atom stereocenters. The van der Waals surface area contributed by atoms with Gasteiger partial charge in [-0.05, 0) is 85.0 Å². The van der Waals surface area contributed by atoms with E-state index in [1.807, 2.05) is 131 Å². The molecule has 2 aliphatic rings. The van der Waals surface area contributed by atoms with Crippen LogP contribution in [0.2, 0.25) is 0 Å². The number of fused-ring (bicyclic) bond motifs is 1. The molecule has 6 aromatic carbocycles. The first-order valence-corrected chi connectivity index (χ1v) is 28.4. The lowest BCUT2D eigenvalue weighted by atomic mass is 9.90. The van der Waals surface area contributed by atoms with E-state index in [1.165, 1.54) is 11.1 Å². The third kappa shape index (κ3) is 17.5. The standard InChI is InChI=1S/C34H39N7O2.C31H38N6O2/c35-34(36)37-20-9-16-31-33(43)41(23-28(24-10-3-1-4-11-24)25-12-5-2-6-13-25)21-19-27(39-31)22-38-32(42)30-18-17-26-14-7-8-15-29(26)40-30;32-31(33)34-19-10-17-28-30(39)37(20-18-26(36-28)21-35-29(38)25-15-8-3-9-16-25)22-27(23-11-4-1-5-12-23)24-13-6-2-7-14-24/h1-8,10-15,17-18,27-28,31,39H,9,16,19-23H2,(H,38,42)(H4,35,36,37);1-9,11-16,26-28,36H,10,17-22H2,(H,35,38)(H4,32,33,34)/t27-,31-;26-,28-/m00/s1. The molecule has 0 radical (unpaired) electrons. The topological polar surface area (TPSA) is 265 Å². The Balaban J connectivity index is 0.000000216. The molecule has 17 heteroatoms. The number of aromatic nitrogens is 1. The Morgan fingerprint density at radius 3 is 1.33 bits per heavy atom. The summed E-state index contributed by atoms with van der Waals surface area (Å²) < 4.78 is 0. The summed E-state index contributed by atoms with van der Waals surface area (Å²) in [5.41, 5.74) is 28.4. The number of nitrogens with zero attached hydrogens (tertiary/aromatic N) is 5. The van der Waals surface area contributed by atoms with Crippen molar-refractivity contribution in [3.8, 4) is 0 Å². The van der Waals surface area contributed by atoms with Gasteiger partial charge < -0.3 is 54.0 Å². The summed E-state index contributed by atoms with van der Waals surface area (Å²) >= 11 is 0. The number of hydrogen-bond acceptors (Lipinski definition) is 9. The zero-order valence-corrected chi connectivity index (χ0v) is 46.4. The number of amides is 4. The van der Waals surface area contributed by atoms with Crippen LogP contribution in [0.15, 0.2) is 198 Å². The first kappa shape index (κ1) is 59.2. The molecule has 7 aromatic rings. The molecule has 0 spiro atoms. The fourth-order valence-corrected chi connectivity index (χ4v) is 10.7. The van der Waals surface area contributed by atoms with E-state index in [-0.39, 0.29) is 59.5 Å². The third-order valence-electron chi connectivity index (χ3n) is 15.0. The van der Waals surface area contributed by atoms with Crippen LogP contribution in [0, 0.1) is 0 Å². The van der Waals surface area contributed by atoms with Crippen molar-refractivity contribution in [1.82, 2.24) is 36.1 Å². The van der Waals surface area contributed by atoms with Crippen LogP contribution in [0.4, 0.5) is 0 Å². The third-order valence-corrected chi connectivity index (χ3v) is 15.0. The van der Waals surface area contributed by atoms with Gasteiger partial charge in [-0.25, -0.2) is 4.98 Å². The van der Waals surface area contributed by atoms with E-state index in [0.29, 0.717) is 95.7 Å². The maximum absolute atomic E-state index is 14.0. The molecule has 17 nitrogen and oxygen atoms in total. The number of rotatable bonds is 22. The molecular weight excluding hydrogens is 1030 g/mol. The van der Waals surface area contributed by atoms with Crippen LogP contribution >= 0.6 is 0 Å². The van der Waals surface area contributed by atoms with Crippen molar-refractivity contribution in [2.75, 3.05) is 52.4 Å². The summed E-state index contributed by atoms with van der Waals surface area (Å²) in [6, 6.07) is 60.8. The van der Waals surface area contributed by atoms with Crippen molar-refractivity contribution < 1.29 is 19.2 Å². The van der Waals surface area contributed by atoms with E-state index in [1.54, 1.807) is 18.2 Å². The van der Waals surface area contributed by atoms with E-state index in [9.17, 15) is 19.2 Å². The molecule has 9 rings (SSSR count). The van der Waals surface area contributed by atoms with Crippen LogP contribution in [0.3, 0.4) is 0 Å². The Kier molecular flexibility index (Phi) is 22.1. The molecule has 2 fully saturated rings. The Morgan fingerprint density at radius 1 is 0.512 bits per heavy atom. The van der Waals surface area contributed by atoms with Crippen LogP contribution in [0.25, 0.3) is 10.9 Å². The first-order valence-electron chi connectivity index (χ1n) is 28.4. The van der Waals surface area contributed by atoms with Crippen molar-refractivity contribution in [3.63, 3.8) is 0 Å². The maximum atomic E-state index is 14.0. The van der Waals surface area contributed by atoms with Gasteiger partial charge in [0.05, 0.1) is 17.6 Å². The van der Waals surface area contributed by atoms with Crippen LogP contribution in [-0.2, 0) is 9.59 Å². The van der Waals surface area contributed by atoms with Crippen molar-refractivity contribution in [2.24, 2.45) is 32.9 Å². The highest BCUT2D eigenvalue weighted by Crippen LogP contribution is 2.29. The Bertz CT molecular complexity index is 3100. The molecular formula is C65H77N13O4. The van der Waals surface area contributed by atoms with Crippen molar-refractivity contribution >= 4 is 46.5 Å². The smallest absolute Gasteiger partial charge is 0.269 e. The minimum Gasteiger partial charge on any atom is -0.370 e. The fraction of sp³-hybridized carbons (Fsp3) is 0.308. The summed E-state index contributed by atoms with van der Waals surface area (Å²) in [7, 11) is 0. The molecule has 0 saturated carbocycles. The van der Waals surface area contributed by atoms with E-state index in [2.05, 4.69) is 84.8 Å². The SMILES string of the molecule is NC(N)=NCCC[C@@H]1N[C@H](CNC(=O)c2ccc3ccccc3n2)CCN(CC(c2ccccc2)c2ccccc2)C1=O.NC(N)=NCCC[C@@H]1N[C@H](CNC(=O)c2ccccc2)CCN(CC(c2ccccc2)c2ccccc2)C1=O. The number of hydrogen-bond donors (Lipinski definition) is 8. The number of para-hydroxylation sites is 1. The van der Waals surface area contributed by atoms with Gasteiger partial charge in [-0.3, -0.25) is 29.2 Å². The summed E-state index contributed by atoms with van der Waals surface area (Å²) in [5, 5.41) is 14.1. The highest BCUT2D eigenvalue weighted by Gasteiger charge is 2.34. The average molecular weight is 1100 g/mol. The van der Waals surface area contributed by atoms with Crippen LogP contribution in [-0.4, -0.2) is 127 Å². The quantitative estimate of drug-likeness (QED) is 0.0213. The highest BCUT2D eigenvalue weighted by atomic mass is 16.2. The molecule has 4 amide bonds. The summed E-state index contributed by atoms with van der Waals surface area (Å²) in [6.07, 6.45) is 3.90. The van der Waals surface area contributed by atoms with Gasteiger partial charge in [-0.15, -0.1) is 0 Å². The molecule has 0 aliphatic carbocycles.